The Bertz CT molecular complexity index is 1510. The Morgan fingerprint density at radius 1 is 1.02 bits per heavy atom. The van der Waals surface area contributed by atoms with E-state index >= 15 is 0 Å². The first-order valence-corrected chi connectivity index (χ1v) is 13.4. The zero-order chi connectivity index (χ0) is 30.7. The van der Waals surface area contributed by atoms with Crippen molar-refractivity contribution in [2.45, 2.75) is 45.3 Å². The van der Waals surface area contributed by atoms with E-state index in [4.69, 9.17) is 9.47 Å². The van der Waals surface area contributed by atoms with E-state index in [9.17, 15) is 31.1 Å². The molecular weight excluding hydrogens is 586 g/mol. The van der Waals surface area contributed by atoms with Crippen LogP contribution in [0.15, 0.2) is 52.4 Å². The number of aromatic amines is 1. The van der Waals surface area contributed by atoms with Crippen molar-refractivity contribution in [2.75, 3.05) is 14.2 Å². The number of carbonyl (C=O) groups is 1. The van der Waals surface area contributed by atoms with Crippen LogP contribution in [0.25, 0.3) is 6.08 Å². The van der Waals surface area contributed by atoms with Crippen molar-refractivity contribution in [1.82, 2.24) is 15.1 Å². The highest BCUT2D eigenvalue weighted by molar-refractivity contribution is 8.18. The predicted molar refractivity (Wildman–Crippen MR) is 146 cm³/mol. The van der Waals surface area contributed by atoms with Crippen molar-refractivity contribution < 1.29 is 40.6 Å². The SMILES string of the molecule is CCCc1cc(CN(C)C2=NC(=O)/C(=C/c3ccc(OCc4ccc(C(F)(F)F)cc4C(F)(F)F)c(OC)c3)S2)n[nH]1. The number of thioether (sulfide) groups is 1. The van der Waals surface area contributed by atoms with Gasteiger partial charge in [0.25, 0.3) is 5.91 Å². The van der Waals surface area contributed by atoms with Crippen molar-refractivity contribution in [2.24, 2.45) is 4.99 Å². The normalized spacial score (nSPS) is 14.8. The maximum absolute atomic E-state index is 13.5. The van der Waals surface area contributed by atoms with E-state index in [-0.39, 0.29) is 17.6 Å². The minimum absolute atomic E-state index is 0.0632. The number of benzene rings is 2. The number of aromatic nitrogens is 2. The molecule has 0 saturated heterocycles. The molecule has 0 spiro atoms. The molecule has 0 saturated carbocycles. The maximum Gasteiger partial charge on any atom is 0.416 e. The molecule has 0 radical (unpaired) electrons. The van der Waals surface area contributed by atoms with Crippen LogP contribution in [-0.2, 0) is 36.7 Å². The molecular formula is C28H26F6N4O3S. The molecule has 2 heterocycles. The number of halogens is 6. The summed E-state index contributed by atoms with van der Waals surface area (Å²) < 4.78 is 90.1. The smallest absolute Gasteiger partial charge is 0.416 e. The second-order valence-corrected chi connectivity index (χ2v) is 10.4. The first-order chi connectivity index (χ1) is 19.8. The number of amides is 1. The van der Waals surface area contributed by atoms with Crippen molar-refractivity contribution in [1.29, 1.82) is 0 Å². The Balaban J connectivity index is 1.45. The summed E-state index contributed by atoms with van der Waals surface area (Å²) in [6, 6.07) is 7.87. The first-order valence-electron chi connectivity index (χ1n) is 12.6. The molecule has 2 aromatic carbocycles. The number of ether oxygens (including phenoxy) is 2. The molecule has 224 valence electrons. The van der Waals surface area contributed by atoms with Crippen LogP contribution < -0.4 is 9.47 Å². The van der Waals surface area contributed by atoms with E-state index in [1.807, 2.05) is 11.0 Å². The summed E-state index contributed by atoms with van der Waals surface area (Å²) in [4.78, 5) is 18.8. The fourth-order valence-electron chi connectivity index (χ4n) is 4.10. The van der Waals surface area contributed by atoms with Gasteiger partial charge in [0.1, 0.15) is 6.61 Å². The average molecular weight is 613 g/mol. The van der Waals surface area contributed by atoms with E-state index in [1.54, 1.807) is 19.2 Å². The van der Waals surface area contributed by atoms with Crippen LogP contribution in [-0.4, -0.2) is 40.3 Å². The van der Waals surface area contributed by atoms with E-state index in [0.717, 1.165) is 30.3 Å². The molecule has 1 aromatic heterocycles. The highest BCUT2D eigenvalue weighted by Crippen LogP contribution is 2.39. The lowest BCUT2D eigenvalue weighted by molar-refractivity contribution is -0.143. The summed E-state index contributed by atoms with van der Waals surface area (Å²) in [5.74, 6) is -0.215. The molecule has 1 aliphatic rings. The quantitative estimate of drug-likeness (QED) is 0.205. The average Bonchev–Trinajstić information content (AvgIpc) is 3.52. The molecule has 1 aliphatic heterocycles. The van der Waals surface area contributed by atoms with Gasteiger partial charge in [-0.15, -0.1) is 0 Å². The molecule has 1 N–H and O–H groups in total. The third-order valence-corrected chi connectivity index (χ3v) is 7.25. The van der Waals surface area contributed by atoms with Gasteiger partial charge in [-0.2, -0.15) is 36.4 Å². The molecule has 1 amide bonds. The molecule has 4 rings (SSSR count). The molecule has 14 heteroatoms. The number of H-pyrrole nitrogens is 1. The van der Waals surface area contributed by atoms with Crippen molar-refractivity contribution in [3.63, 3.8) is 0 Å². The number of alkyl halides is 6. The minimum atomic E-state index is -5.02. The molecule has 0 aliphatic carbocycles. The summed E-state index contributed by atoms with van der Waals surface area (Å²) in [6.07, 6.45) is -6.48. The standard InChI is InChI=1S/C28H26F6N4O3S/c1-4-5-19-13-20(37-36-19)14-38(2)26-35-25(39)24(42-26)11-16-6-9-22(23(10-16)40-3)41-15-17-7-8-18(27(29,30)31)12-21(17)28(32,33)34/h6-13H,4-5,14-15H2,1-3H3,(H,36,37)/b24-11-. The fraction of sp³-hybridized carbons (Fsp3) is 0.321. The second-order valence-electron chi connectivity index (χ2n) is 9.37. The molecule has 0 bridgehead atoms. The summed E-state index contributed by atoms with van der Waals surface area (Å²) >= 11 is 1.18. The topological polar surface area (TPSA) is 79.8 Å². The Morgan fingerprint density at radius 3 is 2.45 bits per heavy atom. The third-order valence-electron chi connectivity index (χ3n) is 6.15. The Hall–Kier alpha value is -3.94. The van der Waals surface area contributed by atoms with Crippen LogP contribution in [0.1, 0.15) is 47.0 Å². The van der Waals surface area contributed by atoms with Crippen LogP contribution in [0.4, 0.5) is 26.3 Å². The number of carbonyl (C=O) groups excluding carboxylic acids is 1. The molecule has 0 fully saturated rings. The monoisotopic (exact) mass is 612 g/mol. The first kappa shape index (κ1) is 31.0. The molecule has 42 heavy (non-hydrogen) atoms. The Labute approximate surface area is 241 Å². The zero-order valence-electron chi connectivity index (χ0n) is 22.7. The van der Waals surface area contributed by atoms with Crippen LogP contribution in [0.2, 0.25) is 0 Å². The van der Waals surface area contributed by atoms with Gasteiger partial charge in [-0.25, -0.2) is 0 Å². The fourth-order valence-corrected chi connectivity index (χ4v) is 4.98. The number of aryl methyl sites for hydroxylation is 1. The number of amidine groups is 1. The van der Waals surface area contributed by atoms with Crippen LogP contribution in [0.5, 0.6) is 11.5 Å². The summed E-state index contributed by atoms with van der Waals surface area (Å²) in [6.45, 7) is 1.86. The van der Waals surface area contributed by atoms with Crippen LogP contribution >= 0.6 is 11.8 Å². The van der Waals surface area contributed by atoms with Gasteiger partial charge in [-0.3, -0.25) is 9.89 Å². The lowest BCUT2D eigenvalue weighted by Crippen LogP contribution is -2.22. The molecule has 3 aromatic rings. The minimum Gasteiger partial charge on any atom is -0.493 e. The summed E-state index contributed by atoms with van der Waals surface area (Å²) in [7, 11) is 3.12. The van der Waals surface area contributed by atoms with Crippen molar-refractivity contribution >= 4 is 28.9 Å². The lowest BCUT2D eigenvalue weighted by Gasteiger charge is -2.17. The molecule has 0 atom stereocenters. The van der Waals surface area contributed by atoms with Crippen LogP contribution in [0.3, 0.4) is 0 Å². The number of nitrogens with one attached hydrogen (secondary N) is 1. The van der Waals surface area contributed by atoms with Crippen molar-refractivity contribution in [3.05, 3.63) is 81.0 Å². The zero-order valence-corrected chi connectivity index (χ0v) is 23.5. The third kappa shape index (κ3) is 7.46. The highest BCUT2D eigenvalue weighted by atomic mass is 32.2. The van der Waals surface area contributed by atoms with Gasteiger partial charge < -0.3 is 14.4 Å². The predicted octanol–water partition coefficient (Wildman–Crippen LogP) is 7.09. The van der Waals surface area contributed by atoms with E-state index in [0.29, 0.717) is 28.2 Å². The van der Waals surface area contributed by atoms with E-state index < -0.39 is 41.6 Å². The van der Waals surface area contributed by atoms with Gasteiger partial charge in [0.2, 0.25) is 0 Å². The maximum atomic E-state index is 13.5. The highest BCUT2D eigenvalue weighted by Gasteiger charge is 2.38. The van der Waals surface area contributed by atoms with Gasteiger partial charge >= 0.3 is 12.4 Å². The number of rotatable bonds is 9. The van der Waals surface area contributed by atoms with Crippen molar-refractivity contribution in [3.8, 4) is 11.5 Å². The lowest BCUT2D eigenvalue weighted by atomic mass is 10.0. The number of aliphatic imine (C=N–C) groups is 1. The summed E-state index contributed by atoms with van der Waals surface area (Å²) in [5.41, 5.74) is -0.941. The van der Waals surface area contributed by atoms with Crippen LogP contribution in [0, 0.1) is 0 Å². The second kappa shape index (κ2) is 12.5. The van der Waals surface area contributed by atoms with Gasteiger partial charge in [-0.05, 0) is 60.2 Å². The van der Waals surface area contributed by atoms with Gasteiger partial charge in [-0.1, -0.05) is 25.5 Å². The number of hydrogen-bond donors (Lipinski definition) is 1. The number of hydrogen-bond acceptors (Lipinski definition) is 6. The summed E-state index contributed by atoms with van der Waals surface area (Å²) in [5, 5.41) is 7.77. The largest absolute Gasteiger partial charge is 0.493 e. The molecule has 7 nitrogen and oxygen atoms in total. The molecule has 0 unspecified atom stereocenters. The van der Waals surface area contributed by atoms with Gasteiger partial charge in [0.05, 0.1) is 35.4 Å². The Kier molecular flexibility index (Phi) is 9.24. The van der Waals surface area contributed by atoms with E-state index in [1.165, 1.54) is 31.0 Å². The number of methoxy groups -OCH3 is 1. The number of nitrogens with zero attached hydrogens (tertiary/aromatic N) is 3. The van der Waals surface area contributed by atoms with Gasteiger partial charge in [0, 0.05) is 18.3 Å². The van der Waals surface area contributed by atoms with Gasteiger partial charge in [0.15, 0.2) is 16.7 Å². The Morgan fingerprint density at radius 2 is 1.79 bits per heavy atom. The van der Waals surface area contributed by atoms with E-state index in [2.05, 4.69) is 22.1 Å².